The van der Waals surface area contributed by atoms with Crippen LogP contribution in [0.1, 0.15) is 27.7 Å². The molecule has 0 atom stereocenters. The van der Waals surface area contributed by atoms with Gasteiger partial charge in [-0.25, -0.2) is 9.97 Å². The van der Waals surface area contributed by atoms with Gasteiger partial charge in [-0.3, -0.25) is 4.98 Å². The maximum atomic E-state index is 6.30. The third-order valence-corrected chi connectivity index (χ3v) is 5.78. The molecule has 1 fully saturated rings. The maximum absolute atomic E-state index is 6.30. The molecule has 6 nitrogen and oxygen atoms in total. The molecular formula is C21H25BN4O2. The molecular weight excluding hydrogens is 351 g/mol. The van der Waals surface area contributed by atoms with Crippen LogP contribution in [0.4, 0.5) is 5.82 Å². The predicted octanol–water partition coefficient (Wildman–Crippen LogP) is 3.28. The average molecular weight is 376 g/mol. The minimum Gasteiger partial charge on any atom is -0.407 e. The number of hydrogen-bond donors (Lipinski definition) is 1. The first-order valence-electron chi connectivity index (χ1n) is 9.50. The molecule has 3 heterocycles. The van der Waals surface area contributed by atoms with Crippen molar-refractivity contribution < 1.29 is 9.31 Å². The van der Waals surface area contributed by atoms with Gasteiger partial charge in [0.2, 0.25) is 0 Å². The summed E-state index contributed by atoms with van der Waals surface area (Å²) >= 11 is 0. The van der Waals surface area contributed by atoms with Gasteiger partial charge >= 0.3 is 7.12 Å². The number of hydrogen-bond acceptors (Lipinski definition) is 6. The topological polar surface area (TPSA) is 69.2 Å². The van der Waals surface area contributed by atoms with Crippen LogP contribution in [0.2, 0.25) is 0 Å². The molecule has 7 heteroatoms. The van der Waals surface area contributed by atoms with Gasteiger partial charge in [-0.05, 0) is 43.6 Å². The lowest BCUT2D eigenvalue weighted by Gasteiger charge is -2.47. The molecule has 0 amide bonds. The average Bonchev–Trinajstić information content (AvgIpc) is 2.69. The zero-order chi connectivity index (χ0) is 19.9. The Labute approximate surface area is 165 Å². The van der Waals surface area contributed by atoms with Crippen LogP contribution in [0.25, 0.3) is 22.3 Å². The molecule has 4 rings (SSSR count). The number of nitrogens with zero attached hydrogens (tertiary/aromatic N) is 3. The first kappa shape index (κ1) is 18.8. The van der Waals surface area contributed by atoms with Crippen molar-refractivity contribution in [1.82, 2.24) is 15.0 Å². The fraction of sp³-hybridized carbons (Fsp3) is 0.381. The van der Waals surface area contributed by atoms with E-state index in [0.29, 0.717) is 12.4 Å². The molecule has 2 aromatic heterocycles. The summed E-state index contributed by atoms with van der Waals surface area (Å²) in [6.07, 6.45) is 3.51. The normalized spacial score (nSPS) is 18.2. The summed E-state index contributed by atoms with van der Waals surface area (Å²) in [7, 11) is 1.45. The van der Waals surface area contributed by atoms with Gasteiger partial charge in [-0.1, -0.05) is 19.9 Å². The summed E-state index contributed by atoms with van der Waals surface area (Å²) in [4.78, 5) is 13.6. The van der Waals surface area contributed by atoms with Gasteiger partial charge in [-0.2, -0.15) is 0 Å². The van der Waals surface area contributed by atoms with Crippen molar-refractivity contribution >= 4 is 29.3 Å². The Bertz CT molecular complexity index is 1010. The van der Waals surface area contributed by atoms with E-state index < -0.39 is 7.12 Å². The highest BCUT2D eigenvalue weighted by Crippen LogP contribution is 2.38. The molecule has 0 unspecified atom stereocenters. The van der Waals surface area contributed by atoms with Crippen molar-refractivity contribution in [2.75, 3.05) is 19.0 Å². The highest BCUT2D eigenvalue weighted by Gasteiger charge is 2.46. The second kappa shape index (κ2) is 6.83. The lowest BCUT2D eigenvalue weighted by atomic mass is 9.69. The van der Waals surface area contributed by atoms with Crippen LogP contribution in [-0.4, -0.2) is 41.3 Å². The summed E-state index contributed by atoms with van der Waals surface area (Å²) in [6.45, 7) is 9.20. The monoisotopic (exact) mass is 376 g/mol. The van der Waals surface area contributed by atoms with Crippen LogP contribution in [0, 0.1) is 5.41 Å². The maximum Gasteiger partial charge on any atom is 0.494 e. The Morgan fingerprint density at radius 1 is 1.11 bits per heavy atom. The van der Waals surface area contributed by atoms with Gasteiger partial charge in [0, 0.05) is 42.4 Å². The Morgan fingerprint density at radius 2 is 1.93 bits per heavy atom. The summed E-state index contributed by atoms with van der Waals surface area (Å²) in [5, 5.41) is 4.12. The SMILES string of the molecule is CNc1nc(-c2cccnc2)nc2ccc(B3OCC(C)(C)C(C)(C)O3)cc12. The number of benzene rings is 1. The van der Waals surface area contributed by atoms with Gasteiger partial charge in [-0.15, -0.1) is 0 Å². The van der Waals surface area contributed by atoms with Gasteiger partial charge in [0.05, 0.1) is 11.1 Å². The Morgan fingerprint density at radius 3 is 2.61 bits per heavy atom. The third kappa shape index (κ3) is 3.25. The number of fused-ring (bicyclic) bond motifs is 1. The van der Waals surface area contributed by atoms with E-state index in [0.717, 1.165) is 27.7 Å². The first-order valence-corrected chi connectivity index (χ1v) is 9.50. The van der Waals surface area contributed by atoms with E-state index in [1.165, 1.54) is 0 Å². The van der Waals surface area contributed by atoms with Crippen LogP contribution in [0.15, 0.2) is 42.7 Å². The fourth-order valence-electron chi connectivity index (χ4n) is 3.19. The standard InChI is InChI=1S/C21H25BN4O2/c1-20(2)13-27-22(28-21(20,3)4)15-8-9-17-16(11-15)19(23-5)26-18(25-17)14-7-6-10-24-12-14/h6-12H,13H2,1-5H3,(H,23,25,26). The Balaban J connectivity index is 1.74. The van der Waals surface area contributed by atoms with E-state index in [2.05, 4.69) is 43.0 Å². The predicted molar refractivity (Wildman–Crippen MR) is 113 cm³/mol. The van der Waals surface area contributed by atoms with E-state index in [1.807, 2.05) is 37.4 Å². The summed E-state index contributed by atoms with van der Waals surface area (Å²) in [6, 6.07) is 9.89. The van der Waals surface area contributed by atoms with Gasteiger partial charge in [0.15, 0.2) is 5.82 Å². The highest BCUT2D eigenvalue weighted by molar-refractivity contribution is 6.61. The molecule has 1 aliphatic heterocycles. The van der Waals surface area contributed by atoms with Crippen LogP contribution in [0.3, 0.4) is 0 Å². The van der Waals surface area contributed by atoms with E-state index in [-0.39, 0.29) is 11.0 Å². The summed E-state index contributed by atoms with van der Waals surface area (Å²) in [5.74, 6) is 1.41. The van der Waals surface area contributed by atoms with Crippen molar-refractivity contribution in [1.29, 1.82) is 0 Å². The first-order chi connectivity index (χ1) is 13.3. The number of nitrogens with one attached hydrogen (secondary N) is 1. The molecule has 0 aliphatic carbocycles. The second-order valence-electron chi connectivity index (χ2n) is 8.32. The van der Waals surface area contributed by atoms with E-state index >= 15 is 0 Å². The molecule has 0 spiro atoms. The molecule has 3 aromatic rings. The minimum absolute atomic E-state index is 0.0573. The van der Waals surface area contributed by atoms with Crippen molar-refractivity contribution in [2.45, 2.75) is 33.3 Å². The molecule has 28 heavy (non-hydrogen) atoms. The Kier molecular flexibility index (Phi) is 4.60. The van der Waals surface area contributed by atoms with E-state index in [1.54, 1.807) is 12.4 Å². The fourth-order valence-corrected chi connectivity index (χ4v) is 3.19. The summed E-state index contributed by atoms with van der Waals surface area (Å²) in [5.41, 5.74) is 2.35. The molecule has 0 radical (unpaired) electrons. The molecule has 1 saturated heterocycles. The number of rotatable bonds is 3. The molecule has 0 bridgehead atoms. The van der Waals surface area contributed by atoms with Crippen molar-refractivity contribution in [2.24, 2.45) is 5.41 Å². The van der Waals surface area contributed by atoms with Crippen LogP contribution in [0.5, 0.6) is 0 Å². The largest absolute Gasteiger partial charge is 0.494 e. The van der Waals surface area contributed by atoms with Crippen LogP contribution < -0.4 is 10.8 Å². The minimum atomic E-state index is -0.407. The van der Waals surface area contributed by atoms with Crippen molar-refractivity contribution in [3.05, 3.63) is 42.7 Å². The quantitative estimate of drug-likeness (QED) is 0.708. The summed E-state index contributed by atoms with van der Waals surface area (Å²) < 4.78 is 12.3. The third-order valence-electron chi connectivity index (χ3n) is 5.78. The number of anilines is 1. The smallest absolute Gasteiger partial charge is 0.407 e. The van der Waals surface area contributed by atoms with Crippen LogP contribution in [-0.2, 0) is 9.31 Å². The van der Waals surface area contributed by atoms with Gasteiger partial charge < -0.3 is 14.6 Å². The van der Waals surface area contributed by atoms with Gasteiger partial charge in [0.1, 0.15) is 5.82 Å². The number of aromatic nitrogens is 3. The molecule has 1 N–H and O–H groups in total. The van der Waals surface area contributed by atoms with Crippen LogP contribution >= 0.6 is 0 Å². The van der Waals surface area contributed by atoms with Gasteiger partial charge in [0.25, 0.3) is 0 Å². The Hall–Kier alpha value is -2.51. The lowest BCUT2D eigenvalue weighted by Crippen LogP contribution is -2.58. The molecule has 1 aromatic carbocycles. The zero-order valence-corrected chi connectivity index (χ0v) is 17.0. The molecule has 0 saturated carbocycles. The lowest BCUT2D eigenvalue weighted by molar-refractivity contribution is -0.0937. The van der Waals surface area contributed by atoms with E-state index in [4.69, 9.17) is 14.3 Å². The molecule has 1 aliphatic rings. The van der Waals surface area contributed by atoms with Crippen molar-refractivity contribution in [3.8, 4) is 11.4 Å². The highest BCUT2D eigenvalue weighted by atomic mass is 16.6. The molecule has 144 valence electrons. The second-order valence-corrected chi connectivity index (χ2v) is 8.32. The zero-order valence-electron chi connectivity index (χ0n) is 17.0. The van der Waals surface area contributed by atoms with E-state index in [9.17, 15) is 0 Å². The number of pyridine rings is 1. The van der Waals surface area contributed by atoms with Crippen molar-refractivity contribution in [3.63, 3.8) is 0 Å².